The first-order valence-electron chi connectivity index (χ1n) is 4.61. The number of benzene rings is 1. The van der Waals surface area contributed by atoms with Crippen LogP contribution in [0.3, 0.4) is 0 Å². The van der Waals surface area contributed by atoms with E-state index in [1.54, 1.807) is 0 Å². The van der Waals surface area contributed by atoms with Crippen molar-refractivity contribution in [2.45, 2.75) is 20.8 Å². The fraction of sp³-hybridized carbons (Fsp3) is 0.308. The Morgan fingerprint density at radius 1 is 1.21 bits per heavy atom. The maximum atomic E-state index is 3.75. The van der Waals surface area contributed by atoms with E-state index in [2.05, 4.69) is 61.1 Å². The number of allylic oxidation sites excluding steroid dienone is 1. The van der Waals surface area contributed by atoms with E-state index >= 15 is 0 Å². The van der Waals surface area contributed by atoms with Gasteiger partial charge in [-0.05, 0) is 23.1 Å². The van der Waals surface area contributed by atoms with Crippen LogP contribution in [0.5, 0.6) is 0 Å². The van der Waals surface area contributed by atoms with Crippen LogP contribution >= 0.6 is 15.9 Å². The fourth-order valence-electron chi connectivity index (χ4n) is 1.42. The van der Waals surface area contributed by atoms with Crippen molar-refractivity contribution in [3.8, 4) is 0 Å². The van der Waals surface area contributed by atoms with Crippen LogP contribution in [-0.2, 0) is 0 Å². The van der Waals surface area contributed by atoms with Crippen molar-refractivity contribution in [2.75, 3.05) is 0 Å². The van der Waals surface area contributed by atoms with E-state index in [9.17, 15) is 0 Å². The van der Waals surface area contributed by atoms with E-state index in [0.717, 1.165) is 10.0 Å². The summed E-state index contributed by atoms with van der Waals surface area (Å²) >= 11 is 3.42. The Balaban J connectivity index is 3.16. The van der Waals surface area contributed by atoms with Crippen molar-refractivity contribution in [2.24, 2.45) is 5.41 Å². The third-order valence-corrected chi connectivity index (χ3v) is 2.59. The lowest BCUT2D eigenvalue weighted by molar-refractivity contribution is 0.567. The average molecular weight is 251 g/mol. The summed E-state index contributed by atoms with van der Waals surface area (Å²) in [6, 6.07) is 8.25. The first kappa shape index (κ1) is 11.3. The van der Waals surface area contributed by atoms with Crippen LogP contribution < -0.4 is 0 Å². The van der Waals surface area contributed by atoms with Gasteiger partial charge in [0.25, 0.3) is 0 Å². The molecule has 0 saturated carbocycles. The molecule has 0 unspecified atom stereocenters. The van der Waals surface area contributed by atoms with Crippen LogP contribution in [0.15, 0.2) is 41.0 Å². The molecule has 1 aromatic rings. The van der Waals surface area contributed by atoms with Crippen molar-refractivity contribution in [1.82, 2.24) is 0 Å². The van der Waals surface area contributed by atoms with Crippen LogP contribution in [0.2, 0.25) is 0 Å². The van der Waals surface area contributed by atoms with E-state index in [-0.39, 0.29) is 5.41 Å². The molecule has 0 aliphatic rings. The first-order valence-corrected chi connectivity index (χ1v) is 5.41. The molecule has 0 atom stereocenters. The second-order valence-electron chi connectivity index (χ2n) is 4.31. The van der Waals surface area contributed by atoms with E-state index in [0.29, 0.717) is 0 Å². The fourth-order valence-corrected chi connectivity index (χ4v) is 1.68. The Hall–Kier alpha value is -0.780. The van der Waals surface area contributed by atoms with Crippen LogP contribution in [0.4, 0.5) is 0 Å². The molecule has 1 rings (SSSR count). The Kier molecular flexibility index (Phi) is 3.36. The summed E-state index contributed by atoms with van der Waals surface area (Å²) in [5.41, 5.74) is 5.47. The van der Waals surface area contributed by atoms with Gasteiger partial charge in [-0.1, -0.05) is 55.4 Å². The van der Waals surface area contributed by atoms with Gasteiger partial charge in [0.15, 0.2) is 0 Å². The van der Waals surface area contributed by atoms with Gasteiger partial charge >= 0.3 is 0 Å². The van der Waals surface area contributed by atoms with Crippen molar-refractivity contribution in [1.29, 1.82) is 0 Å². The van der Waals surface area contributed by atoms with Gasteiger partial charge < -0.3 is 0 Å². The van der Waals surface area contributed by atoms with E-state index in [1.165, 1.54) is 5.56 Å². The average Bonchev–Trinajstić information content (AvgIpc) is 2.07. The summed E-state index contributed by atoms with van der Waals surface area (Å²) in [4.78, 5) is 0. The second kappa shape index (κ2) is 4.16. The Bertz CT molecular complexity index is 359. The lowest BCUT2D eigenvalue weighted by Gasteiger charge is -2.21. The molecule has 74 valence electrons. The highest BCUT2D eigenvalue weighted by Gasteiger charge is 2.17. The van der Waals surface area contributed by atoms with E-state index in [1.807, 2.05) is 12.1 Å². The summed E-state index contributed by atoms with van der Waals surface area (Å²) in [5.74, 6) is 0. The molecule has 0 radical (unpaired) electrons. The van der Waals surface area contributed by atoms with Gasteiger partial charge in [0.1, 0.15) is 0 Å². The Morgan fingerprint density at radius 2 is 1.71 bits per heavy atom. The molecule has 0 nitrogen and oxygen atoms in total. The summed E-state index contributed by atoms with van der Waals surface area (Å²) in [5, 5.41) is 0. The van der Waals surface area contributed by atoms with Crippen molar-refractivity contribution in [3.63, 3.8) is 0 Å². The summed E-state index contributed by atoms with van der Waals surface area (Å²) in [6.07, 6.45) is 0. The van der Waals surface area contributed by atoms with Gasteiger partial charge in [-0.25, -0.2) is 0 Å². The predicted octanol–water partition coefficient (Wildman–Crippen LogP) is 4.66. The number of hydrogen-bond acceptors (Lipinski definition) is 0. The molecule has 0 fully saturated rings. The summed E-state index contributed by atoms with van der Waals surface area (Å²) in [6.45, 7) is 10.3. The highest BCUT2D eigenvalue weighted by atomic mass is 79.9. The van der Waals surface area contributed by atoms with Gasteiger partial charge in [-0.2, -0.15) is 0 Å². The van der Waals surface area contributed by atoms with Crippen molar-refractivity contribution < 1.29 is 0 Å². The van der Waals surface area contributed by atoms with Crippen LogP contribution in [0, 0.1) is 5.41 Å². The molecule has 0 heterocycles. The highest BCUT2D eigenvalue weighted by molar-refractivity contribution is 9.10. The minimum atomic E-state index is 0.0928. The Morgan fingerprint density at radius 3 is 2.07 bits per heavy atom. The molecule has 1 aromatic carbocycles. The van der Waals surface area contributed by atoms with E-state index < -0.39 is 0 Å². The molecular weight excluding hydrogens is 236 g/mol. The molecule has 0 spiro atoms. The molecular formula is C13H15Br. The molecule has 0 bridgehead atoms. The standard InChI is InChI=1S/C13H15Br/c1-5-12(13(2,3)4)10-6-8-11(14)9-7-10/h6-9H,1H2,2-4H3. The maximum absolute atomic E-state index is 3.75. The third kappa shape index (κ3) is 2.60. The molecule has 0 N–H and O–H groups in total. The zero-order chi connectivity index (χ0) is 10.8. The Labute approximate surface area is 94.5 Å². The molecule has 0 aromatic heterocycles. The molecule has 1 heteroatoms. The monoisotopic (exact) mass is 250 g/mol. The lowest BCUT2D eigenvalue weighted by atomic mass is 9.83. The van der Waals surface area contributed by atoms with Gasteiger partial charge in [0.2, 0.25) is 0 Å². The minimum Gasteiger partial charge on any atom is -0.124 e. The largest absolute Gasteiger partial charge is 0.124 e. The first-order chi connectivity index (χ1) is 6.45. The van der Waals surface area contributed by atoms with Gasteiger partial charge in [0.05, 0.1) is 0 Å². The topological polar surface area (TPSA) is 0 Å². The quantitative estimate of drug-likeness (QED) is 0.636. The zero-order valence-corrected chi connectivity index (χ0v) is 10.5. The van der Waals surface area contributed by atoms with Crippen LogP contribution in [0.25, 0.3) is 5.57 Å². The maximum Gasteiger partial charge on any atom is 0.0175 e. The third-order valence-electron chi connectivity index (χ3n) is 2.06. The number of rotatable bonds is 1. The molecule has 0 aliphatic heterocycles. The zero-order valence-electron chi connectivity index (χ0n) is 8.89. The molecule has 14 heavy (non-hydrogen) atoms. The van der Waals surface area contributed by atoms with E-state index in [4.69, 9.17) is 0 Å². The van der Waals surface area contributed by atoms with Gasteiger partial charge in [0, 0.05) is 10.0 Å². The van der Waals surface area contributed by atoms with Gasteiger partial charge in [-0.3, -0.25) is 0 Å². The van der Waals surface area contributed by atoms with Crippen molar-refractivity contribution >= 4 is 21.5 Å². The highest BCUT2D eigenvalue weighted by Crippen LogP contribution is 2.33. The predicted molar refractivity (Wildman–Crippen MR) is 66.1 cm³/mol. The van der Waals surface area contributed by atoms with Crippen molar-refractivity contribution in [3.05, 3.63) is 46.6 Å². The lowest BCUT2D eigenvalue weighted by Crippen LogP contribution is -2.07. The normalized spacial score (nSPS) is 10.9. The SMILES string of the molecule is C=C=C(c1ccc(Br)cc1)C(C)(C)C. The minimum absolute atomic E-state index is 0.0928. The second-order valence-corrected chi connectivity index (χ2v) is 5.22. The molecule has 0 amide bonds. The van der Waals surface area contributed by atoms with Gasteiger partial charge in [-0.15, -0.1) is 5.73 Å². The summed E-state index contributed by atoms with van der Waals surface area (Å²) < 4.78 is 1.10. The van der Waals surface area contributed by atoms with Crippen LogP contribution in [-0.4, -0.2) is 0 Å². The molecule has 0 saturated heterocycles. The number of halogens is 1. The van der Waals surface area contributed by atoms with Crippen LogP contribution in [0.1, 0.15) is 26.3 Å². The summed E-state index contributed by atoms with van der Waals surface area (Å²) in [7, 11) is 0. The molecule has 0 aliphatic carbocycles. The smallest absolute Gasteiger partial charge is 0.0175 e. The number of hydrogen-bond donors (Lipinski definition) is 0.